The summed E-state index contributed by atoms with van der Waals surface area (Å²) in [5.74, 6) is 0.479. The van der Waals surface area contributed by atoms with Crippen molar-refractivity contribution in [3.8, 4) is 0 Å². The van der Waals surface area contributed by atoms with Crippen molar-refractivity contribution in [1.29, 1.82) is 0 Å². The van der Waals surface area contributed by atoms with Gasteiger partial charge in [-0.15, -0.1) is 0 Å². The highest BCUT2D eigenvalue weighted by Crippen LogP contribution is 2.36. The summed E-state index contributed by atoms with van der Waals surface area (Å²) in [7, 11) is 0. The van der Waals surface area contributed by atoms with Crippen LogP contribution in [0.1, 0.15) is 29.7 Å². The lowest BCUT2D eigenvalue weighted by Gasteiger charge is -2.19. The van der Waals surface area contributed by atoms with Crippen LogP contribution in [-0.2, 0) is 17.8 Å². The maximum atomic E-state index is 12.1. The third kappa shape index (κ3) is 2.46. The second-order valence-electron chi connectivity index (χ2n) is 5.66. The van der Waals surface area contributed by atoms with Gasteiger partial charge in [-0.2, -0.15) is 0 Å². The maximum Gasteiger partial charge on any atom is 0.240 e. The normalized spacial score (nSPS) is 20.7. The first-order valence-electron chi connectivity index (χ1n) is 6.98. The Morgan fingerprint density at radius 2 is 2.35 bits per heavy atom. The van der Waals surface area contributed by atoms with Crippen LogP contribution in [-0.4, -0.2) is 15.5 Å². The van der Waals surface area contributed by atoms with Gasteiger partial charge in [0.2, 0.25) is 5.91 Å². The molecule has 0 bridgehead atoms. The van der Waals surface area contributed by atoms with Crippen LogP contribution in [0, 0.1) is 12.8 Å². The molecule has 4 heteroatoms. The van der Waals surface area contributed by atoms with E-state index < -0.39 is 0 Å². The zero-order valence-corrected chi connectivity index (χ0v) is 11.8. The quantitative estimate of drug-likeness (QED) is 0.929. The van der Waals surface area contributed by atoms with Crippen molar-refractivity contribution in [3.05, 3.63) is 53.6 Å². The number of nitrogens with one attached hydrogen (secondary N) is 1. The molecule has 0 saturated heterocycles. The van der Waals surface area contributed by atoms with E-state index >= 15 is 0 Å². The van der Waals surface area contributed by atoms with Crippen molar-refractivity contribution in [1.82, 2.24) is 14.9 Å². The number of benzene rings is 1. The van der Waals surface area contributed by atoms with Gasteiger partial charge in [-0.3, -0.25) is 4.79 Å². The number of hydrogen-bond donors (Lipinski definition) is 1. The molecule has 2 aromatic rings. The van der Waals surface area contributed by atoms with Gasteiger partial charge in [0.15, 0.2) is 0 Å². The summed E-state index contributed by atoms with van der Waals surface area (Å²) in [6, 6.07) is 6.65. The molecule has 104 valence electrons. The number of aryl methyl sites for hydroxylation is 1. The summed E-state index contributed by atoms with van der Waals surface area (Å²) < 4.78 is 1.78. The number of carbonyl (C=O) groups is 1. The molecule has 3 rings (SSSR count). The number of amides is 1. The van der Waals surface area contributed by atoms with Crippen LogP contribution in [0.4, 0.5) is 0 Å². The van der Waals surface area contributed by atoms with Crippen LogP contribution in [0.3, 0.4) is 0 Å². The van der Waals surface area contributed by atoms with Gasteiger partial charge in [-0.05, 0) is 30.4 Å². The molecule has 1 aromatic heterocycles. The molecular weight excluding hydrogens is 250 g/mol. The predicted molar refractivity (Wildman–Crippen MR) is 77.2 cm³/mol. The van der Waals surface area contributed by atoms with E-state index in [1.54, 1.807) is 23.3 Å². The van der Waals surface area contributed by atoms with Gasteiger partial charge in [0.1, 0.15) is 6.54 Å². The van der Waals surface area contributed by atoms with Crippen LogP contribution in [0.15, 0.2) is 36.9 Å². The summed E-state index contributed by atoms with van der Waals surface area (Å²) in [6.07, 6.45) is 6.18. The highest BCUT2D eigenvalue weighted by Gasteiger charge is 2.30. The summed E-state index contributed by atoms with van der Waals surface area (Å²) >= 11 is 0. The molecule has 1 amide bonds. The fourth-order valence-electron chi connectivity index (χ4n) is 2.95. The first kappa shape index (κ1) is 12.9. The zero-order valence-electron chi connectivity index (χ0n) is 11.8. The Hall–Kier alpha value is -2.10. The number of nitrogens with zero attached hydrogens (tertiary/aromatic N) is 2. The van der Waals surface area contributed by atoms with Crippen LogP contribution in [0.5, 0.6) is 0 Å². The largest absolute Gasteiger partial charge is 0.347 e. The average Bonchev–Trinajstić information content (AvgIpc) is 3.00. The number of carbonyl (C=O) groups excluding carboxylic acids is 1. The summed E-state index contributed by atoms with van der Waals surface area (Å²) in [5.41, 5.74) is 3.87. The van der Waals surface area contributed by atoms with Crippen LogP contribution >= 0.6 is 0 Å². The number of aromatic nitrogens is 2. The predicted octanol–water partition coefficient (Wildman–Crippen LogP) is 2.24. The van der Waals surface area contributed by atoms with Crippen LogP contribution < -0.4 is 5.32 Å². The molecule has 0 fully saturated rings. The third-order valence-corrected chi connectivity index (χ3v) is 3.95. The fourth-order valence-corrected chi connectivity index (χ4v) is 2.95. The summed E-state index contributed by atoms with van der Waals surface area (Å²) in [4.78, 5) is 16.1. The summed E-state index contributed by atoms with van der Waals surface area (Å²) in [6.45, 7) is 4.61. The smallest absolute Gasteiger partial charge is 0.240 e. The minimum Gasteiger partial charge on any atom is -0.347 e. The molecule has 0 saturated carbocycles. The Kier molecular flexibility index (Phi) is 3.30. The fraction of sp³-hybridized carbons (Fsp3) is 0.375. The van der Waals surface area contributed by atoms with E-state index in [0.717, 1.165) is 6.42 Å². The highest BCUT2D eigenvalue weighted by atomic mass is 16.2. The van der Waals surface area contributed by atoms with E-state index in [1.807, 2.05) is 0 Å². The van der Waals surface area contributed by atoms with Crippen molar-refractivity contribution in [2.45, 2.75) is 32.9 Å². The number of fused-ring (bicyclic) bond motifs is 1. The van der Waals surface area contributed by atoms with Crippen molar-refractivity contribution < 1.29 is 4.79 Å². The average molecular weight is 269 g/mol. The Balaban J connectivity index is 1.74. The van der Waals surface area contributed by atoms with Crippen molar-refractivity contribution in [2.24, 2.45) is 5.92 Å². The molecule has 1 N–H and O–H groups in total. The molecule has 20 heavy (non-hydrogen) atoms. The van der Waals surface area contributed by atoms with Gasteiger partial charge in [0, 0.05) is 12.4 Å². The molecular formula is C16H19N3O. The second-order valence-corrected chi connectivity index (χ2v) is 5.66. The van der Waals surface area contributed by atoms with Gasteiger partial charge in [-0.25, -0.2) is 4.98 Å². The lowest BCUT2D eigenvalue weighted by molar-refractivity contribution is -0.122. The molecule has 1 aliphatic carbocycles. The monoisotopic (exact) mass is 269 g/mol. The lowest BCUT2D eigenvalue weighted by atomic mass is 10.0. The minimum atomic E-state index is 0.0363. The molecule has 0 radical (unpaired) electrons. The standard InChI is InChI=1S/C16H19N3O/c1-11-3-4-13-8-12(2)16(14(13)7-11)18-15(20)9-19-6-5-17-10-19/h3-7,10,12,16H,8-9H2,1-2H3,(H,18,20)/t12-,16-/m1/s1. The van der Waals surface area contributed by atoms with E-state index in [2.05, 4.69) is 42.3 Å². The van der Waals surface area contributed by atoms with E-state index in [0.29, 0.717) is 12.5 Å². The lowest BCUT2D eigenvalue weighted by Crippen LogP contribution is -2.33. The molecule has 1 aromatic carbocycles. The van der Waals surface area contributed by atoms with Crippen LogP contribution in [0.25, 0.3) is 0 Å². The third-order valence-electron chi connectivity index (χ3n) is 3.95. The first-order valence-corrected chi connectivity index (χ1v) is 6.98. The topological polar surface area (TPSA) is 46.9 Å². The molecule has 1 aliphatic rings. The van der Waals surface area contributed by atoms with Crippen molar-refractivity contribution in [3.63, 3.8) is 0 Å². The molecule has 1 heterocycles. The summed E-state index contributed by atoms with van der Waals surface area (Å²) in [5, 5.41) is 3.16. The second kappa shape index (κ2) is 5.12. The van der Waals surface area contributed by atoms with E-state index in [9.17, 15) is 4.79 Å². The highest BCUT2D eigenvalue weighted by molar-refractivity contribution is 5.76. The van der Waals surface area contributed by atoms with Crippen molar-refractivity contribution in [2.75, 3.05) is 0 Å². The first-order chi connectivity index (χ1) is 9.63. The molecule has 0 spiro atoms. The Bertz CT molecular complexity index is 619. The van der Waals surface area contributed by atoms with E-state index in [-0.39, 0.29) is 11.9 Å². The Labute approximate surface area is 118 Å². The maximum absolute atomic E-state index is 12.1. The molecule has 0 unspecified atom stereocenters. The number of imidazole rings is 1. The van der Waals surface area contributed by atoms with E-state index in [4.69, 9.17) is 0 Å². The molecule has 4 nitrogen and oxygen atoms in total. The molecule has 2 atom stereocenters. The van der Waals surface area contributed by atoms with Gasteiger partial charge < -0.3 is 9.88 Å². The number of hydrogen-bond acceptors (Lipinski definition) is 2. The SMILES string of the molecule is Cc1ccc2c(c1)[C@H](NC(=O)Cn1ccnc1)[C@H](C)C2. The van der Waals surface area contributed by atoms with Crippen LogP contribution in [0.2, 0.25) is 0 Å². The van der Waals surface area contributed by atoms with Gasteiger partial charge >= 0.3 is 0 Å². The van der Waals surface area contributed by atoms with Crippen molar-refractivity contribution >= 4 is 5.91 Å². The van der Waals surface area contributed by atoms with Gasteiger partial charge in [-0.1, -0.05) is 30.7 Å². The number of rotatable bonds is 3. The minimum absolute atomic E-state index is 0.0363. The van der Waals surface area contributed by atoms with Gasteiger partial charge in [0.25, 0.3) is 0 Å². The zero-order chi connectivity index (χ0) is 14.1. The molecule has 0 aliphatic heterocycles. The van der Waals surface area contributed by atoms with Gasteiger partial charge in [0.05, 0.1) is 12.4 Å². The Morgan fingerprint density at radius 3 is 3.10 bits per heavy atom. The van der Waals surface area contributed by atoms with E-state index in [1.165, 1.54) is 16.7 Å². The Morgan fingerprint density at radius 1 is 1.50 bits per heavy atom.